The molecule has 0 fully saturated rings. The zero-order valence-corrected chi connectivity index (χ0v) is 10.9. The van der Waals surface area contributed by atoms with Crippen molar-refractivity contribution in [1.82, 2.24) is 5.32 Å². The monoisotopic (exact) mass is 271 g/mol. The molecule has 4 heteroatoms. The van der Waals surface area contributed by atoms with Gasteiger partial charge < -0.3 is 15.5 Å². The molecule has 0 aliphatic rings. The minimum absolute atomic E-state index is 0.225. The number of nitrogens with one attached hydrogen (secondary N) is 1. The highest BCUT2D eigenvalue weighted by atomic mass is 16.3. The maximum atomic E-state index is 12.0. The van der Waals surface area contributed by atoms with Crippen LogP contribution in [-0.4, -0.2) is 22.7 Å². The van der Waals surface area contributed by atoms with Crippen LogP contribution in [0, 0.1) is 0 Å². The molecule has 0 heterocycles. The van der Waals surface area contributed by atoms with Crippen molar-refractivity contribution in [2.75, 3.05) is 6.61 Å². The summed E-state index contributed by atoms with van der Waals surface area (Å²) in [7, 11) is 0. The van der Waals surface area contributed by atoms with Crippen LogP contribution < -0.4 is 5.32 Å². The van der Waals surface area contributed by atoms with Gasteiger partial charge in [0.15, 0.2) is 6.10 Å². The molecule has 104 valence electrons. The molecule has 2 aromatic rings. The minimum atomic E-state index is -1.24. The summed E-state index contributed by atoms with van der Waals surface area (Å²) in [6.07, 6.45) is -1.24. The maximum absolute atomic E-state index is 12.0. The second kappa shape index (κ2) is 6.84. The number of amides is 1. The number of rotatable bonds is 5. The van der Waals surface area contributed by atoms with Crippen molar-refractivity contribution in [3.63, 3.8) is 0 Å². The zero-order chi connectivity index (χ0) is 14.4. The van der Waals surface area contributed by atoms with Gasteiger partial charge in [0.2, 0.25) is 0 Å². The Morgan fingerprint density at radius 3 is 1.95 bits per heavy atom. The van der Waals surface area contributed by atoms with Gasteiger partial charge in [-0.25, -0.2) is 0 Å². The van der Waals surface area contributed by atoms with Gasteiger partial charge in [-0.2, -0.15) is 0 Å². The number of hydrogen-bond acceptors (Lipinski definition) is 3. The van der Waals surface area contributed by atoms with Crippen LogP contribution in [0.2, 0.25) is 0 Å². The third-order valence-corrected chi connectivity index (χ3v) is 3.06. The molecule has 20 heavy (non-hydrogen) atoms. The second-order valence-electron chi connectivity index (χ2n) is 4.47. The number of carbonyl (C=O) groups excluding carboxylic acids is 1. The summed E-state index contributed by atoms with van der Waals surface area (Å²) in [5.41, 5.74) is 1.32. The quantitative estimate of drug-likeness (QED) is 0.773. The molecule has 0 aliphatic heterocycles. The number of hydrogen-bond donors (Lipinski definition) is 3. The van der Waals surface area contributed by atoms with E-state index in [1.165, 1.54) is 0 Å². The van der Waals surface area contributed by atoms with Gasteiger partial charge in [-0.15, -0.1) is 0 Å². The summed E-state index contributed by atoms with van der Waals surface area (Å²) in [4.78, 5) is 12.0. The molecule has 0 spiro atoms. The Labute approximate surface area is 117 Å². The van der Waals surface area contributed by atoms with E-state index in [-0.39, 0.29) is 6.61 Å². The Balaban J connectivity index is 2.06. The predicted octanol–water partition coefficient (Wildman–Crippen LogP) is 1.57. The first-order chi connectivity index (χ1) is 9.72. The highest BCUT2D eigenvalue weighted by Gasteiger charge is 2.21. The molecule has 0 aromatic heterocycles. The first-order valence-electron chi connectivity index (χ1n) is 6.41. The Morgan fingerprint density at radius 2 is 1.45 bits per heavy atom. The van der Waals surface area contributed by atoms with Gasteiger partial charge in [-0.1, -0.05) is 60.7 Å². The van der Waals surface area contributed by atoms with Crippen LogP contribution in [0.15, 0.2) is 60.7 Å². The Kier molecular flexibility index (Phi) is 4.87. The lowest BCUT2D eigenvalue weighted by Gasteiger charge is -2.19. The molecule has 0 radical (unpaired) electrons. The van der Waals surface area contributed by atoms with E-state index < -0.39 is 18.1 Å². The standard InChI is InChI=1S/C16H17NO3/c18-11-14(12-7-3-1-4-8-12)17-16(20)15(19)13-9-5-2-6-10-13/h1-10,14-15,18-19H,11H2,(H,17,20). The lowest BCUT2D eigenvalue weighted by Crippen LogP contribution is -2.34. The molecular formula is C16H17NO3. The second-order valence-corrected chi connectivity index (χ2v) is 4.47. The van der Waals surface area contributed by atoms with Gasteiger partial charge in [0, 0.05) is 0 Å². The van der Waals surface area contributed by atoms with Crippen LogP contribution in [0.3, 0.4) is 0 Å². The molecule has 0 saturated heterocycles. The van der Waals surface area contributed by atoms with Crippen LogP contribution in [0.4, 0.5) is 0 Å². The van der Waals surface area contributed by atoms with Crippen LogP contribution in [-0.2, 0) is 4.79 Å². The summed E-state index contributed by atoms with van der Waals surface area (Å²) in [6, 6.07) is 17.3. The van der Waals surface area contributed by atoms with Gasteiger partial charge in [0.1, 0.15) is 0 Å². The summed E-state index contributed by atoms with van der Waals surface area (Å²) < 4.78 is 0. The van der Waals surface area contributed by atoms with E-state index in [0.29, 0.717) is 5.56 Å². The van der Waals surface area contributed by atoms with Gasteiger partial charge in [-0.05, 0) is 11.1 Å². The fourth-order valence-corrected chi connectivity index (χ4v) is 1.96. The molecule has 2 atom stereocenters. The molecule has 3 N–H and O–H groups in total. The number of aliphatic hydroxyl groups excluding tert-OH is 2. The van der Waals surface area contributed by atoms with E-state index in [1.807, 2.05) is 36.4 Å². The van der Waals surface area contributed by atoms with Crippen LogP contribution in [0.5, 0.6) is 0 Å². The lowest BCUT2D eigenvalue weighted by molar-refractivity contribution is -0.130. The predicted molar refractivity (Wildman–Crippen MR) is 75.8 cm³/mol. The number of carbonyl (C=O) groups is 1. The smallest absolute Gasteiger partial charge is 0.254 e. The average Bonchev–Trinajstić information content (AvgIpc) is 2.53. The summed E-state index contributed by atoms with van der Waals surface area (Å²) in [5, 5.41) is 22.0. The minimum Gasteiger partial charge on any atom is -0.394 e. The zero-order valence-electron chi connectivity index (χ0n) is 10.9. The highest BCUT2D eigenvalue weighted by Crippen LogP contribution is 2.16. The van der Waals surface area contributed by atoms with Gasteiger partial charge in [-0.3, -0.25) is 4.79 Å². The first kappa shape index (κ1) is 14.2. The fraction of sp³-hybridized carbons (Fsp3) is 0.188. The van der Waals surface area contributed by atoms with Crippen molar-refractivity contribution in [2.45, 2.75) is 12.1 Å². The molecule has 4 nitrogen and oxygen atoms in total. The van der Waals surface area contributed by atoms with Crippen LogP contribution in [0.1, 0.15) is 23.3 Å². The van der Waals surface area contributed by atoms with Crippen molar-refractivity contribution >= 4 is 5.91 Å². The molecular weight excluding hydrogens is 254 g/mol. The van der Waals surface area contributed by atoms with Crippen molar-refractivity contribution in [3.05, 3.63) is 71.8 Å². The van der Waals surface area contributed by atoms with Crippen LogP contribution in [0.25, 0.3) is 0 Å². The molecule has 2 aromatic carbocycles. The van der Waals surface area contributed by atoms with Crippen molar-refractivity contribution < 1.29 is 15.0 Å². The lowest BCUT2D eigenvalue weighted by atomic mass is 10.1. The number of aliphatic hydroxyl groups is 2. The third-order valence-electron chi connectivity index (χ3n) is 3.06. The van der Waals surface area contributed by atoms with E-state index in [1.54, 1.807) is 24.3 Å². The first-order valence-corrected chi connectivity index (χ1v) is 6.41. The molecule has 0 aliphatic carbocycles. The van der Waals surface area contributed by atoms with E-state index in [9.17, 15) is 15.0 Å². The molecule has 2 unspecified atom stereocenters. The van der Waals surface area contributed by atoms with Crippen molar-refractivity contribution in [3.8, 4) is 0 Å². The molecule has 1 amide bonds. The van der Waals surface area contributed by atoms with E-state index >= 15 is 0 Å². The van der Waals surface area contributed by atoms with Crippen LogP contribution >= 0.6 is 0 Å². The molecule has 0 saturated carbocycles. The fourth-order valence-electron chi connectivity index (χ4n) is 1.96. The topological polar surface area (TPSA) is 69.6 Å². The SMILES string of the molecule is O=C(NC(CO)c1ccccc1)C(O)c1ccccc1. The Hall–Kier alpha value is -2.17. The Bertz CT molecular complexity index is 542. The molecule has 0 bridgehead atoms. The normalized spacial score (nSPS) is 13.5. The third kappa shape index (κ3) is 3.44. The summed E-state index contributed by atoms with van der Waals surface area (Å²) in [5.74, 6) is -0.529. The van der Waals surface area contributed by atoms with Crippen molar-refractivity contribution in [1.29, 1.82) is 0 Å². The number of benzene rings is 2. The van der Waals surface area contributed by atoms with Gasteiger partial charge in [0.05, 0.1) is 12.6 Å². The van der Waals surface area contributed by atoms with E-state index in [0.717, 1.165) is 5.56 Å². The van der Waals surface area contributed by atoms with E-state index in [4.69, 9.17) is 0 Å². The average molecular weight is 271 g/mol. The van der Waals surface area contributed by atoms with Gasteiger partial charge >= 0.3 is 0 Å². The van der Waals surface area contributed by atoms with Crippen molar-refractivity contribution in [2.24, 2.45) is 0 Å². The highest BCUT2D eigenvalue weighted by molar-refractivity contribution is 5.82. The van der Waals surface area contributed by atoms with E-state index in [2.05, 4.69) is 5.32 Å². The summed E-state index contributed by atoms with van der Waals surface area (Å²) >= 11 is 0. The largest absolute Gasteiger partial charge is 0.394 e. The Morgan fingerprint density at radius 1 is 0.950 bits per heavy atom. The van der Waals surface area contributed by atoms with Gasteiger partial charge in [0.25, 0.3) is 5.91 Å². The maximum Gasteiger partial charge on any atom is 0.254 e. The molecule has 2 rings (SSSR count). The summed E-state index contributed by atoms with van der Waals surface area (Å²) in [6.45, 7) is -0.225.